The molecular weight excluding hydrogens is 281 g/mol. The lowest BCUT2D eigenvalue weighted by molar-refractivity contribution is 0.291. The van der Waals surface area contributed by atoms with Gasteiger partial charge in [0.05, 0.1) is 5.52 Å². The molecule has 0 fully saturated rings. The summed E-state index contributed by atoms with van der Waals surface area (Å²) in [6.07, 6.45) is 1.95. The summed E-state index contributed by atoms with van der Waals surface area (Å²) < 4.78 is 21.2. The van der Waals surface area contributed by atoms with Gasteiger partial charge in [0, 0.05) is 23.2 Å². The second kappa shape index (κ2) is 5.72. The first-order valence-corrected chi connectivity index (χ1v) is 7.26. The molecule has 0 spiro atoms. The third kappa shape index (κ3) is 2.52. The van der Waals surface area contributed by atoms with Gasteiger partial charge in [-0.25, -0.2) is 4.39 Å². The number of ether oxygens (including phenoxy) is 1. The maximum atomic E-state index is 13.6. The molecule has 3 rings (SSSR count). The number of hydrogen-bond acceptors (Lipinski definition) is 2. The number of para-hydroxylation sites is 2. The van der Waals surface area contributed by atoms with Gasteiger partial charge in [-0.1, -0.05) is 24.3 Å². The fourth-order valence-corrected chi connectivity index (χ4v) is 2.60. The SMILES string of the molecule is CC(C)n1cc(COc2ccccc2F)c2cccc(O)c21. The van der Waals surface area contributed by atoms with Crippen LogP contribution < -0.4 is 4.74 Å². The maximum absolute atomic E-state index is 13.6. The molecule has 2 aromatic carbocycles. The predicted octanol–water partition coefficient (Wildman–Crippen LogP) is 4.65. The highest BCUT2D eigenvalue weighted by Crippen LogP contribution is 2.32. The Balaban J connectivity index is 1.98. The summed E-state index contributed by atoms with van der Waals surface area (Å²) in [7, 11) is 0. The second-order valence-electron chi connectivity index (χ2n) is 5.55. The van der Waals surface area contributed by atoms with Crippen molar-refractivity contribution in [3.63, 3.8) is 0 Å². The summed E-state index contributed by atoms with van der Waals surface area (Å²) in [5.74, 6) is 0.0920. The van der Waals surface area contributed by atoms with E-state index in [1.54, 1.807) is 30.3 Å². The topological polar surface area (TPSA) is 34.4 Å². The van der Waals surface area contributed by atoms with E-state index in [-0.39, 0.29) is 30.0 Å². The third-order valence-corrected chi connectivity index (χ3v) is 3.69. The van der Waals surface area contributed by atoms with E-state index in [4.69, 9.17) is 4.74 Å². The van der Waals surface area contributed by atoms with Gasteiger partial charge in [-0.2, -0.15) is 0 Å². The maximum Gasteiger partial charge on any atom is 0.165 e. The number of aromatic hydroxyl groups is 1. The Hall–Kier alpha value is -2.49. The molecule has 0 saturated heterocycles. The summed E-state index contributed by atoms with van der Waals surface area (Å²) in [5, 5.41) is 11.0. The molecule has 114 valence electrons. The first-order chi connectivity index (χ1) is 10.6. The molecule has 4 heteroatoms. The molecule has 0 radical (unpaired) electrons. The van der Waals surface area contributed by atoms with Crippen molar-refractivity contribution in [3.05, 3.63) is 60.0 Å². The average molecular weight is 299 g/mol. The van der Waals surface area contributed by atoms with Gasteiger partial charge < -0.3 is 14.4 Å². The highest BCUT2D eigenvalue weighted by molar-refractivity contribution is 5.89. The molecule has 0 amide bonds. The second-order valence-corrected chi connectivity index (χ2v) is 5.55. The number of benzene rings is 2. The molecule has 0 unspecified atom stereocenters. The Morgan fingerprint density at radius 1 is 1.14 bits per heavy atom. The van der Waals surface area contributed by atoms with E-state index in [9.17, 15) is 9.50 Å². The van der Waals surface area contributed by atoms with Crippen molar-refractivity contribution in [2.24, 2.45) is 0 Å². The van der Waals surface area contributed by atoms with Crippen molar-refractivity contribution < 1.29 is 14.2 Å². The molecular formula is C18H18FNO2. The van der Waals surface area contributed by atoms with Gasteiger partial charge in [0.2, 0.25) is 0 Å². The molecule has 0 saturated carbocycles. The first-order valence-electron chi connectivity index (χ1n) is 7.26. The quantitative estimate of drug-likeness (QED) is 0.761. The number of hydrogen-bond donors (Lipinski definition) is 1. The molecule has 3 nitrogen and oxygen atoms in total. The summed E-state index contributed by atoms with van der Waals surface area (Å²) >= 11 is 0. The summed E-state index contributed by atoms with van der Waals surface area (Å²) in [5.41, 5.74) is 1.70. The van der Waals surface area contributed by atoms with Crippen molar-refractivity contribution >= 4 is 10.9 Å². The van der Waals surface area contributed by atoms with Crippen molar-refractivity contribution in [3.8, 4) is 11.5 Å². The zero-order valence-corrected chi connectivity index (χ0v) is 12.6. The molecule has 1 N–H and O–H groups in total. The highest BCUT2D eigenvalue weighted by Gasteiger charge is 2.14. The highest BCUT2D eigenvalue weighted by atomic mass is 19.1. The Labute approximate surface area is 128 Å². The lowest BCUT2D eigenvalue weighted by Crippen LogP contribution is -1.99. The van der Waals surface area contributed by atoms with Gasteiger partial charge >= 0.3 is 0 Å². The van der Waals surface area contributed by atoms with E-state index < -0.39 is 0 Å². The molecule has 22 heavy (non-hydrogen) atoms. The van der Waals surface area contributed by atoms with Crippen molar-refractivity contribution in [1.29, 1.82) is 0 Å². The normalized spacial score (nSPS) is 11.3. The standard InChI is InChI=1S/C18H18FNO2/c1-12(2)20-10-13(14-6-5-8-16(21)18(14)20)11-22-17-9-4-3-7-15(17)19/h3-10,12,21H,11H2,1-2H3. The molecule has 0 aliphatic carbocycles. The number of phenolic OH excluding ortho intramolecular Hbond substituents is 1. The van der Waals surface area contributed by atoms with E-state index in [1.165, 1.54) is 6.07 Å². The van der Waals surface area contributed by atoms with Crippen LogP contribution in [0, 0.1) is 5.82 Å². The minimum atomic E-state index is -0.377. The summed E-state index contributed by atoms with van der Waals surface area (Å²) in [6.45, 7) is 4.35. The van der Waals surface area contributed by atoms with Crippen LogP contribution in [0.4, 0.5) is 4.39 Å². The van der Waals surface area contributed by atoms with E-state index in [2.05, 4.69) is 0 Å². The smallest absolute Gasteiger partial charge is 0.165 e. The van der Waals surface area contributed by atoms with Gasteiger partial charge in [-0.3, -0.25) is 0 Å². The fourth-order valence-electron chi connectivity index (χ4n) is 2.60. The third-order valence-electron chi connectivity index (χ3n) is 3.69. The van der Waals surface area contributed by atoms with Gasteiger partial charge in [0.25, 0.3) is 0 Å². The monoisotopic (exact) mass is 299 g/mol. The number of rotatable bonds is 4. The van der Waals surface area contributed by atoms with Crippen LogP contribution in [0.1, 0.15) is 25.5 Å². The zero-order valence-electron chi connectivity index (χ0n) is 12.6. The van der Waals surface area contributed by atoms with Gasteiger partial charge in [0.1, 0.15) is 12.4 Å². The lowest BCUT2D eigenvalue weighted by atomic mass is 10.2. The summed E-state index contributed by atoms with van der Waals surface area (Å²) in [6, 6.07) is 12.0. The van der Waals surface area contributed by atoms with Crippen molar-refractivity contribution in [1.82, 2.24) is 4.57 Å². The van der Waals surface area contributed by atoms with E-state index in [0.29, 0.717) is 0 Å². The molecule has 1 aromatic heterocycles. The van der Waals surface area contributed by atoms with Crippen molar-refractivity contribution in [2.75, 3.05) is 0 Å². The largest absolute Gasteiger partial charge is 0.506 e. The molecule has 0 atom stereocenters. The van der Waals surface area contributed by atoms with Crippen LogP contribution >= 0.6 is 0 Å². The van der Waals surface area contributed by atoms with Gasteiger partial charge in [0.15, 0.2) is 11.6 Å². The molecule has 0 aliphatic heterocycles. The van der Waals surface area contributed by atoms with Crippen LogP contribution in [0.15, 0.2) is 48.7 Å². The Kier molecular flexibility index (Phi) is 3.75. The molecule has 3 aromatic rings. The van der Waals surface area contributed by atoms with Crippen LogP contribution in [0.3, 0.4) is 0 Å². The van der Waals surface area contributed by atoms with Crippen LogP contribution in [0.5, 0.6) is 11.5 Å². The number of fused-ring (bicyclic) bond motifs is 1. The Morgan fingerprint density at radius 2 is 1.91 bits per heavy atom. The number of halogens is 1. The van der Waals surface area contributed by atoms with Crippen LogP contribution in [0.25, 0.3) is 10.9 Å². The van der Waals surface area contributed by atoms with E-state index in [0.717, 1.165) is 16.5 Å². The first kappa shape index (κ1) is 14.4. The average Bonchev–Trinajstić information content (AvgIpc) is 2.87. The molecule has 1 heterocycles. The lowest BCUT2D eigenvalue weighted by Gasteiger charge is -2.09. The van der Waals surface area contributed by atoms with Crippen molar-refractivity contribution in [2.45, 2.75) is 26.5 Å². The fraction of sp³-hybridized carbons (Fsp3) is 0.222. The zero-order chi connectivity index (χ0) is 15.7. The van der Waals surface area contributed by atoms with Gasteiger partial charge in [-0.05, 0) is 32.0 Å². The predicted molar refractivity (Wildman–Crippen MR) is 84.7 cm³/mol. The van der Waals surface area contributed by atoms with E-state index in [1.807, 2.05) is 30.7 Å². The minimum Gasteiger partial charge on any atom is -0.506 e. The number of aromatic nitrogens is 1. The number of phenols is 1. The molecule has 0 bridgehead atoms. The summed E-state index contributed by atoms with van der Waals surface area (Å²) in [4.78, 5) is 0. The van der Waals surface area contributed by atoms with Crippen LogP contribution in [-0.2, 0) is 6.61 Å². The van der Waals surface area contributed by atoms with Gasteiger partial charge in [-0.15, -0.1) is 0 Å². The van der Waals surface area contributed by atoms with E-state index >= 15 is 0 Å². The minimum absolute atomic E-state index is 0.206. The molecule has 0 aliphatic rings. The number of nitrogens with zero attached hydrogens (tertiary/aromatic N) is 1. The van der Waals surface area contributed by atoms with Crippen LogP contribution in [0.2, 0.25) is 0 Å². The Morgan fingerprint density at radius 3 is 2.64 bits per heavy atom. The van der Waals surface area contributed by atoms with Crippen LogP contribution in [-0.4, -0.2) is 9.67 Å². The Bertz CT molecular complexity index is 808.